The van der Waals surface area contributed by atoms with Gasteiger partial charge in [-0.15, -0.1) is 0 Å². The zero-order valence-corrected chi connectivity index (χ0v) is 17.2. The van der Waals surface area contributed by atoms with Crippen molar-refractivity contribution in [3.05, 3.63) is 43.0 Å². The van der Waals surface area contributed by atoms with Gasteiger partial charge in [-0.2, -0.15) is 10.1 Å². The van der Waals surface area contributed by atoms with Crippen molar-refractivity contribution in [2.24, 2.45) is 5.92 Å². The van der Waals surface area contributed by atoms with Crippen LogP contribution < -0.4 is 5.32 Å². The Labute approximate surface area is 174 Å². The summed E-state index contributed by atoms with van der Waals surface area (Å²) in [6.07, 6.45) is 11.3. The van der Waals surface area contributed by atoms with Gasteiger partial charge in [0.05, 0.1) is 5.52 Å². The van der Waals surface area contributed by atoms with Crippen molar-refractivity contribution in [1.82, 2.24) is 29.5 Å². The van der Waals surface area contributed by atoms with Gasteiger partial charge in [0.1, 0.15) is 5.65 Å². The fraction of sp³-hybridized carbons (Fsp3) is 0.364. The highest BCUT2D eigenvalue weighted by molar-refractivity contribution is 5.94. The predicted molar refractivity (Wildman–Crippen MR) is 116 cm³/mol. The van der Waals surface area contributed by atoms with Crippen LogP contribution in [-0.2, 0) is 4.79 Å². The van der Waals surface area contributed by atoms with Crippen molar-refractivity contribution < 1.29 is 4.79 Å². The summed E-state index contributed by atoms with van der Waals surface area (Å²) in [6.45, 7) is 0. The van der Waals surface area contributed by atoms with Crippen LogP contribution in [0.25, 0.3) is 27.7 Å². The second kappa shape index (κ2) is 7.44. The largest absolute Gasteiger partial charge is 0.351 e. The van der Waals surface area contributed by atoms with Crippen LogP contribution in [0.2, 0.25) is 0 Å². The molecule has 0 radical (unpaired) electrons. The fourth-order valence-corrected chi connectivity index (χ4v) is 4.34. The Bertz CT molecular complexity index is 1200. The van der Waals surface area contributed by atoms with Crippen LogP contribution in [0.4, 0.5) is 5.95 Å². The van der Waals surface area contributed by atoms with Crippen molar-refractivity contribution >= 4 is 28.4 Å². The van der Waals surface area contributed by atoms with Crippen LogP contribution in [0, 0.1) is 5.92 Å². The van der Waals surface area contributed by atoms with Gasteiger partial charge in [0.25, 0.3) is 0 Å². The van der Waals surface area contributed by atoms with Crippen LogP contribution in [-0.4, -0.2) is 55.5 Å². The average Bonchev–Trinajstić information content (AvgIpc) is 3.39. The Kier molecular flexibility index (Phi) is 4.61. The number of aromatic amines is 1. The fourth-order valence-electron chi connectivity index (χ4n) is 4.34. The minimum absolute atomic E-state index is 0.139. The van der Waals surface area contributed by atoms with E-state index >= 15 is 0 Å². The van der Waals surface area contributed by atoms with Gasteiger partial charge in [-0.3, -0.25) is 4.79 Å². The molecule has 4 aromatic heterocycles. The zero-order chi connectivity index (χ0) is 20.7. The third-order valence-corrected chi connectivity index (χ3v) is 5.99. The third-order valence-electron chi connectivity index (χ3n) is 5.99. The lowest BCUT2D eigenvalue weighted by atomic mass is 9.85. The van der Waals surface area contributed by atoms with E-state index in [0.717, 1.165) is 53.4 Å². The van der Waals surface area contributed by atoms with E-state index in [1.807, 2.05) is 49.3 Å². The number of fused-ring (bicyclic) bond motifs is 2. The Morgan fingerprint density at radius 1 is 1.23 bits per heavy atom. The lowest BCUT2D eigenvalue weighted by Gasteiger charge is -2.29. The van der Waals surface area contributed by atoms with Crippen LogP contribution >= 0.6 is 0 Å². The highest BCUT2D eigenvalue weighted by Crippen LogP contribution is 2.30. The van der Waals surface area contributed by atoms with Crippen LogP contribution in [0.15, 0.2) is 43.0 Å². The molecule has 30 heavy (non-hydrogen) atoms. The number of pyridine rings is 1. The summed E-state index contributed by atoms with van der Waals surface area (Å²) in [5.41, 5.74) is 4.03. The molecule has 0 spiro atoms. The molecule has 1 saturated carbocycles. The first kappa shape index (κ1) is 18.6. The van der Waals surface area contributed by atoms with E-state index in [0.29, 0.717) is 12.0 Å². The van der Waals surface area contributed by atoms with E-state index in [1.54, 1.807) is 11.1 Å². The Morgan fingerprint density at radius 3 is 2.87 bits per heavy atom. The summed E-state index contributed by atoms with van der Waals surface area (Å²) in [4.78, 5) is 26.4. The Balaban J connectivity index is 1.31. The van der Waals surface area contributed by atoms with Crippen molar-refractivity contribution in [3.63, 3.8) is 0 Å². The van der Waals surface area contributed by atoms with E-state index < -0.39 is 0 Å². The topological polar surface area (TPSA) is 91.2 Å². The lowest BCUT2D eigenvalue weighted by Crippen LogP contribution is -2.35. The van der Waals surface area contributed by atoms with Crippen molar-refractivity contribution in [1.29, 1.82) is 0 Å². The Morgan fingerprint density at radius 2 is 2.07 bits per heavy atom. The number of rotatable bonds is 4. The lowest BCUT2D eigenvalue weighted by molar-refractivity contribution is -0.133. The maximum Gasteiger partial charge on any atom is 0.225 e. The van der Waals surface area contributed by atoms with Gasteiger partial charge < -0.3 is 15.2 Å². The number of carbonyl (C=O) groups is 1. The average molecular weight is 403 g/mol. The predicted octanol–water partition coefficient (Wildman–Crippen LogP) is 3.33. The summed E-state index contributed by atoms with van der Waals surface area (Å²) in [5.74, 6) is 1.00. The smallest absolute Gasteiger partial charge is 0.225 e. The van der Waals surface area contributed by atoms with Gasteiger partial charge in [0, 0.05) is 61.8 Å². The van der Waals surface area contributed by atoms with E-state index in [2.05, 4.69) is 31.4 Å². The van der Waals surface area contributed by atoms with Crippen molar-refractivity contribution in [2.75, 3.05) is 19.4 Å². The molecular formula is C22H25N7O. The highest BCUT2D eigenvalue weighted by atomic mass is 16.2. The number of amides is 1. The monoisotopic (exact) mass is 403 g/mol. The van der Waals surface area contributed by atoms with E-state index in [9.17, 15) is 4.79 Å². The maximum absolute atomic E-state index is 12.2. The molecule has 1 amide bonds. The number of nitrogens with zero attached hydrogens (tertiary/aromatic N) is 5. The molecule has 0 atom stereocenters. The Hall–Kier alpha value is -3.42. The summed E-state index contributed by atoms with van der Waals surface area (Å²) < 4.78 is 1.84. The quantitative estimate of drug-likeness (QED) is 0.545. The molecule has 154 valence electrons. The molecule has 1 fully saturated rings. The van der Waals surface area contributed by atoms with Gasteiger partial charge in [0.15, 0.2) is 0 Å². The van der Waals surface area contributed by atoms with E-state index in [1.165, 1.54) is 0 Å². The number of hydrogen-bond donors (Lipinski definition) is 2. The first-order valence-corrected chi connectivity index (χ1v) is 10.3. The molecule has 4 heterocycles. The standard InChI is InChI=1S/C22H25N7O/c1-28(2)21(30)14-3-5-16(6-4-14)26-22-24-13-19-18(12-23-20(19)27-22)15-8-10-29-17(11-15)7-9-25-29/h7-14,16H,3-6H2,1-2H3,(H2,23,24,26,27). The number of aromatic nitrogens is 5. The molecule has 8 nitrogen and oxygen atoms in total. The van der Waals surface area contributed by atoms with Crippen molar-refractivity contribution in [3.8, 4) is 11.1 Å². The maximum atomic E-state index is 12.2. The molecule has 2 N–H and O–H groups in total. The van der Waals surface area contributed by atoms with Gasteiger partial charge in [-0.1, -0.05) is 0 Å². The third kappa shape index (κ3) is 3.38. The van der Waals surface area contributed by atoms with Crippen LogP contribution in [0.1, 0.15) is 25.7 Å². The summed E-state index contributed by atoms with van der Waals surface area (Å²) in [7, 11) is 3.65. The minimum atomic E-state index is 0.139. The van der Waals surface area contributed by atoms with E-state index in [-0.39, 0.29) is 11.8 Å². The van der Waals surface area contributed by atoms with Crippen molar-refractivity contribution in [2.45, 2.75) is 31.7 Å². The normalized spacial score (nSPS) is 19.3. The molecule has 1 aliphatic carbocycles. The van der Waals surface area contributed by atoms with Gasteiger partial charge >= 0.3 is 0 Å². The number of anilines is 1. The number of H-pyrrole nitrogens is 1. The number of hydrogen-bond acceptors (Lipinski definition) is 5. The molecule has 0 aromatic carbocycles. The summed E-state index contributed by atoms with van der Waals surface area (Å²) >= 11 is 0. The molecule has 5 rings (SSSR count). The number of carbonyl (C=O) groups excluding carboxylic acids is 1. The molecule has 1 aliphatic rings. The van der Waals surface area contributed by atoms with E-state index in [4.69, 9.17) is 0 Å². The molecule has 0 bridgehead atoms. The first-order chi connectivity index (χ1) is 14.6. The second-order valence-corrected chi connectivity index (χ2v) is 8.20. The van der Waals surface area contributed by atoms with Crippen LogP contribution in [0.3, 0.4) is 0 Å². The first-order valence-electron chi connectivity index (χ1n) is 10.3. The number of nitrogens with one attached hydrogen (secondary N) is 2. The minimum Gasteiger partial charge on any atom is -0.351 e. The molecule has 0 aliphatic heterocycles. The molecule has 0 saturated heterocycles. The van der Waals surface area contributed by atoms with Gasteiger partial charge in [0.2, 0.25) is 11.9 Å². The molecule has 0 unspecified atom stereocenters. The second-order valence-electron chi connectivity index (χ2n) is 8.20. The van der Waals surface area contributed by atoms with Gasteiger partial charge in [-0.25, -0.2) is 9.50 Å². The summed E-state index contributed by atoms with van der Waals surface area (Å²) in [6, 6.07) is 6.43. The van der Waals surface area contributed by atoms with Crippen LogP contribution in [0.5, 0.6) is 0 Å². The zero-order valence-electron chi connectivity index (χ0n) is 17.2. The molecule has 4 aromatic rings. The summed E-state index contributed by atoms with van der Waals surface area (Å²) in [5, 5.41) is 8.69. The van der Waals surface area contributed by atoms with Gasteiger partial charge in [-0.05, 0) is 49.4 Å². The molecule has 8 heteroatoms. The SMILES string of the molecule is CN(C)C(=O)C1CCC(Nc2ncc3c(-c4ccn5nccc5c4)c[nH]c3n2)CC1. The molecular weight excluding hydrogens is 378 g/mol. The highest BCUT2D eigenvalue weighted by Gasteiger charge is 2.27.